The molecule has 0 saturated heterocycles. The van der Waals surface area contributed by atoms with E-state index in [-0.39, 0.29) is 17.5 Å². The van der Waals surface area contributed by atoms with E-state index in [2.05, 4.69) is 4.98 Å². The van der Waals surface area contributed by atoms with Gasteiger partial charge < -0.3 is 11.5 Å². The number of nitrogen functional groups attached to an aromatic ring is 1. The van der Waals surface area contributed by atoms with E-state index in [9.17, 15) is 4.79 Å². The molecule has 1 rings (SSSR count). The van der Waals surface area contributed by atoms with Gasteiger partial charge in [0.25, 0.3) is 0 Å². The van der Waals surface area contributed by atoms with Gasteiger partial charge in [0, 0.05) is 6.20 Å². The Morgan fingerprint density at radius 3 is 2.81 bits per heavy atom. The molecule has 1 heterocycles. The van der Waals surface area contributed by atoms with E-state index < -0.39 is 6.04 Å². The first kappa shape index (κ1) is 12.9. The van der Waals surface area contributed by atoms with Gasteiger partial charge in [0.05, 0.1) is 16.6 Å². The zero-order valence-electron chi connectivity index (χ0n) is 9.40. The van der Waals surface area contributed by atoms with Gasteiger partial charge in [-0.2, -0.15) is 0 Å². The molecule has 0 fully saturated rings. The van der Waals surface area contributed by atoms with Crippen LogP contribution >= 0.6 is 11.6 Å². The third-order valence-electron chi connectivity index (χ3n) is 2.71. The molecule has 0 aliphatic heterocycles. The van der Waals surface area contributed by atoms with Crippen LogP contribution in [0.5, 0.6) is 0 Å². The summed E-state index contributed by atoms with van der Waals surface area (Å²) in [5.41, 5.74) is 11.8. The summed E-state index contributed by atoms with van der Waals surface area (Å²) in [7, 11) is 0. The van der Waals surface area contributed by atoms with E-state index in [0.29, 0.717) is 10.6 Å². The van der Waals surface area contributed by atoms with Gasteiger partial charge in [0.2, 0.25) is 0 Å². The molecule has 1 aromatic rings. The zero-order chi connectivity index (χ0) is 12.3. The monoisotopic (exact) mass is 241 g/mol. The van der Waals surface area contributed by atoms with Gasteiger partial charge in [-0.15, -0.1) is 0 Å². The molecule has 0 aromatic carbocycles. The SMILES string of the molecule is CCC(C)C(N)C(=O)c1cc(Cl)cnc1N. The van der Waals surface area contributed by atoms with Crippen molar-refractivity contribution in [2.75, 3.05) is 5.73 Å². The number of carbonyl (C=O) groups is 1. The van der Waals surface area contributed by atoms with Crippen molar-refractivity contribution in [3.8, 4) is 0 Å². The minimum absolute atomic E-state index is 0.103. The van der Waals surface area contributed by atoms with Crippen molar-refractivity contribution in [3.05, 3.63) is 22.8 Å². The highest BCUT2D eigenvalue weighted by Gasteiger charge is 2.23. The molecule has 2 unspecified atom stereocenters. The predicted octanol–water partition coefficient (Wildman–Crippen LogP) is 1.87. The first-order chi connectivity index (χ1) is 7.47. The minimum atomic E-state index is -0.562. The summed E-state index contributed by atoms with van der Waals surface area (Å²) >= 11 is 5.77. The molecule has 0 amide bonds. The fraction of sp³-hybridized carbons (Fsp3) is 0.455. The summed E-state index contributed by atoms with van der Waals surface area (Å²) in [4.78, 5) is 15.9. The number of anilines is 1. The molecule has 2 atom stereocenters. The summed E-state index contributed by atoms with van der Waals surface area (Å²) in [6.45, 7) is 3.91. The normalized spacial score (nSPS) is 14.5. The molecular weight excluding hydrogens is 226 g/mol. The number of nitrogens with zero attached hydrogens (tertiary/aromatic N) is 1. The van der Waals surface area contributed by atoms with Crippen molar-refractivity contribution < 1.29 is 4.79 Å². The van der Waals surface area contributed by atoms with Crippen molar-refractivity contribution in [1.29, 1.82) is 0 Å². The minimum Gasteiger partial charge on any atom is -0.383 e. The van der Waals surface area contributed by atoms with Crippen LogP contribution in [0.3, 0.4) is 0 Å². The predicted molar refractivity (Wildman–Crippen MR) is 65.4 cm³/mol. The average Bonchev–Trinajstić information content (AvgIpc) is 2.29. The summed E-state index contributed by atoms with van der Waals surface area (Å²) in [5.74, 6) is 0.0703. The van der Waals surface area contributed by atoms with Crippen LogP contribution in [0.4, 0.5) is 5.82 Å². The second-order valence-corrected chi connectivity index (χ2v) is 4.30. The van der Waals surface area contributed by atoms with Gasteiger partial charge in [-0.3, -0.25) is 4.79 Å². The number of halogens is 1. The van der Waals surface area contributed by atoms with Gasteiger partial charge in [0.1, 0.15) is 5.82 Å². The Hall–Kier alpha value is -1.13. The number of pyridine rings is 1. The van der Waals surface area contributed by atoms with Crippen LogP contribution in [0, 0.1) is 5.92 Å². The maximum absolute atomic E-state index is 12.0. The van der Waals surface area contributed by atoms with E-state index in [1.54, 1.807) is 0 Å². The molecule has 5 heteroatoms. The maximum atomic E-state index is 12.0. The Morgan fingerprint density at radius 1 is 1.62 bits per heavy atom. The molecular formula is C11H16ClN3O. The second kappa shape index (κ2) is 5.27. The van der Waals surface area contributed by atoms with Gasteiger partial charge in [0.15, 0.2) is 5.78 Å². The standard InChI is InChI=1S/C11H16ClN3O/c1-3-6(2)9(13)10(16)8-4-7(12)5-15-11(8)14/h4-6,9H,3,13H2,1-2H3,(H2,14,15). The lowest BCUT2D eigenvalue weighted by Crippen LogP contribution is -2.37. The van der Waals surface area contributed by atoms with E-state index in [0.717, 1.165) is 6.42 Å². The van der Waals surface area contributed by atoms with E-state index in [4.69, 9.17) is 23.1 Å². The number of nitrogens with two attached hydrogens (primary N) is 2. The molecule has 16 heavy (non-hydrogen) atoms. The van der Waals surface area contributed by atoms with Crippen LogP contribution in [0.15, 0.2) is 12.3 Å². The molecule has 0 bridgehead atoms. The largest absolute Gasteiger partial charge is 0.383 e. The van der Waals surface area contributed by atoms with Crippen molar-refractivity contribution in [2.45, 2.75) is 26.3 Å². The molecule has 0 aliphatic rings. The van der Waals surface area contributed by atoms with Crippen molar-refractivity contribution in [2.24, 2.45) is 11.7 Å². The van der Waals surface area contributed by atoms with Crippen LogP contribution in [0.2, 0.25) is 5.02 Å². The Labute approximate surface area is 100.0 Å². The number of rotatable bonds is 4. The van der Waals surface area contributed by atoms with Gasteiger partial charge in [-0.25, -0.2) is 4.98 Å². The van der Waals surface area contributed by atoms with Crippen molar-refractivity contribution in [3.63, 3.8) is 0 Å². The molecule has 4 nitrogen and oxygen atoms in total. The molecule has 88 valence electrons. The van der Waals surface area contributed by atoms with Crippen LogP contribution in [0.1, 0.15) is 30.6 Å². The number of hydrogen-bond acceptors (Lipinski definition) is 4. The fourth-order valence-electron chi connectivity index (χ4n) is 1.34. The summed E-state index contributed by atoms with van der Waals surface area (Å²) in [6, 6.07) is 0.946. The Morgan fingerprint density at radius 2 is 2.25 bits per heavy atom. The lowest BCUT2D eigenvalue weighted by molar-refractivity contribution is 0.0935. The van der Waals surface area contributed by atoms with Crippen LogP contribution in [-0.2, 0) is 0 Å². The highest BCUT2D eigenvalue weighted by Crippen LogP contribution is 2.19. The third-order valence-corrected chi connectivity index (χ3v) is 2.92. The third kappa shape index (κ3) is 2.71. The molecule has 4 N–H and O–H groups in total. The molecule has 0 aliphatic carbocycles. The maximum Gasteiger partial charge on any atom is 0.183 e. The number of hydrogen-bond donors (Lipinski definition) is 2. The average molecular weight is 242 g/mol. The summed E-state index contributed by atoms with van der Waals surface area (Å²) in [5, 5.41) is 0.383. The number of Topliss-reactive ketones (excluding diaryl/α,β-unsaturated/α-hetero) is 1. The second-order valence-electron chi connectivity index (χ2n) is 3.86. The Kier molecular flexibility index (Phi) is 4.26. The highest BCUT2D eigenvalue weighted by atomic mass is 35.5. The highest BCUT2D eigenvalue weighted by molar-refractivity contribution is 6.31. The number of carbonyl (C=O) groups excluding carboxylic acids is 1. The summed E-state index contributed by atoms with van der Waals surface area (Å²) in [6.07, 6.45) is 2.24. The lowest BCUT2D eigenvalue weighted by Gasteiger charge is -2.17. The number of aromatic nitrogens is 1. The van der Waals surface area contributed by atoms with Crippen molar-refractivity contribution >= 4 is 23.2 Å². The topological polar surface area (TPSA) is 82.0 Å². The van der Waals surface area contributed by atoms with Gasteiger partial charge in [-0.05, 0) is 12.0 Å². The summed E-state index contributed by atoms with van der Waals surface area (Å²) < 4.78 is 0. The van der Waals surface area contributed by atoms with E-state index in [1.165, 1.54) is 12.3 Å². The quantitative estimate of drug-likeness (QED) is 0.789. The molecule has 1 aromatic heterocycles. The van der Waals surface area contributed by atoms with Gasteiger partial charge in [-0.1, -0.05) is 31.9 Å². The zero-order valence-corrected chi connectivity index (χ0v) is 10.2. The Balaban J connectivity index is 3.00. The van der Waals surface area contributed by atoms with Crippen LogP contribution in [0.25, 0.3) is 0 Å². The lowest BCUT2D eigenvalue weighted by atomic mass is 9.93. The smallest absolute Gasteiger partial charge is 0.183 e. The van der Waals surface area contributed by atoms with Crippen LogP contribution in [-0.4, -0.2) is 16.8 Å². The number of ketones is 1. The molecule has 0 spiro atoms. The first-order valence-electron chi connectivity index (χ1n) is 5.18. The van der Waals surface area contributed by atoms with E-state index in [1.807, 2.05) is 13.8 Å². The molecule has 0 saturated carbocycles. The van der Waals surface area contributed by atoms with E-state index >= 15 is 0 Å². The molecule has 0 radical (unpaired) electrons. The van der Waals surface area contributed by atoms with Gasteiger partial charge >= 0.3 is 0 Å². The van der Waals surface area contributed by atoms with Crippen LogP contribution < -0.4 is 11.5 Å². The van der Waals surface area contributed by atoms with Crippen molar-refractivity contribution in [1.82, 2.24) is 4.98 Å². The fourth-order valence-corrected chi connectivity index (χ4v) is 1.50. The Bertz CT molecular complexity index is 395. The first-order valence-corrected chi connectivity index (χ1v) is 5.56.